The summed E-state index contributed by atoms with van der Waals surface area (Å²) in [5.74, 6) is 1.83. The van der Waals surface area contributed by atoms with Crippen LogP contribution in [0.3, 0.4) is 0 Å². The first kappa shape index (κ1) is 19.2. The van der Waals surface area contributed by atoms with Crippen molar-refractivity contribution in [2.75, 3.05) is 19.5 Å². The van der Waals surface area contributed by atoms with Crippen molar-refractivity contribution in [2.45, 2.75) is 38.3 Å². The maximum atomic E-state index is 12.7. The van der Waals surface area contributed by atoms with Crippen LogP contribution < -0.4 is 25.6 Å². The van der Waals surface area contributed by atoms with Gasteiger partial charge in [-0.25, -0.2) is 10.9 Å². The Morgan fingerprint density at radius 1 is 1.11 bits per heavy atom. The highest BCUT2D eigenvalue weighted by atomic mass is 16.5. The van der Waals surface area contributed by atoms with Crippen LogP contribution >= 0.6 is 0 Å². The van der Waals surface area contributed by atoms with Crippen LogP contribution in [0.5, 0.6) is 11.5 Å². The zero-order valence-corrected chi connectivity index (χ0v) is 16.2. The Bertz CT molecular complexity index is 807. The van der Waals surface area contributed by atoms with Crippen LogP contribution in [-0.4, -0.2) is 26.2 Å². The first-order valence-corrected chi connectivity index (χ1v) is 9.15. The number of methoxy groups -OCH3 is 2. The van der Waals surface area contributed by atoms with Gasteiger partial charge in [-0.1, -0.05) is 32.0 Å². The standard InChI is InChI=1S/C21H27N3O3/c1-13(2)14-6-5-7-15(10-14)22-21(25)19-12-18(23-24-19)17-9-8-16(26-3)11-20(17)27-4/h5-11,13,18-19,23-24H,12H2,1-4H3,(H,22,25). The molecule has 1 saturated heterocycles. The summed E-state index contributed by atoms with van der Waals surface area (Å²) in [6, 6.07) is 13.3. The second-order valence-electron chi connectivity index (χ2n) is 7.01. The molecule has 0 aromatic heterocycles. The number of amides is 1. The lowest BCUT2D eigenvalue weighted by molar-refractivity contribution is -0.117. The summed E-state index contributed by atoms with van der Waals surface area (Å²) >= 11 is 0. The molecule has 1 aliphatic rings. The third kappa shape index (κ3) is 4.40. The van der Waals surface area contributed by atoms with E-state index < -0.39 is 0 Å². The summed E-state index contributed by atoms with van der Waals surface area (Å²) in [7, 11) is 3.25. The van der Waals surface area contributed by atoms with Gasteiger partial charge in [0.05, 0.1) is 20.3 Å². The Labute approximate surface area is 160 Å². The van der Waals surface area contributed by atoms with E-state index in [1.54, 1.807) is 14.2 Å². The van der Waals surface area contributed by atoms with Crippen molar-refractivity contribution in [3.8, 4) is 11.5 Å². The van der Waals surface area contributed by atoms with E-state index in [0.29, 0.717) is 12.3 Å². The van der Waals surface area contributed by atoms with Crippen molar-refractivity contribution >= 4 is 11.6 Å². The molecule has 2 atom stereocenters. The molecule has 0 radical (unpaired) electrons. The van der Waals surface area contributed by atoms with Crippen LogP contribution in [0.15, 0.2) is 42.5 Å². The van der Waals surface area contributed by atoms with Crippen molar-refractivity contribution < 1.29 is 14.3 Å². The lowest BCUT2D eigenvalue weighted by atomic mass is 10.00. The van der Waals surface area contributed by atoms with Crippen LogP contribution in [-0.2, 0) is 4.79 Å². The van der Waals surface area contributed by atoms with Crippen molar-refractivity contribution in [3.05, 3.63) is 53.6 Å². The molecular weight excluding hydrogens is 342 g/mol. The number of ether oxygens (including phenoxy) is 2. The Hall–Kier alpha value is -2.57. The summed E-state index contributed by atoms with van der Waals surface area (Å²) in [5.41, 5.74) is 9.30. The lowest BCUT2D eigenvalue weighted by Crippen LogP contribution is -2.39. The summed E-state index contributed by atoms with van der Waals surface area (Å²) in [4.78, 5) is 12.7. The molecule has 3 N–H and O–H groups in total. The summed E-state index contributed by atoms with van der Waals surface area (Å²) in [6.07, 6.45) is 0.623. The molecule has 0 aliphatic carbocycles. The predicted molar refractivity (Wildman–Crippen MR) is 106 cm³/mol. The minimum atomic E-state index is -0.329. The molecule has 1 amide bonds. The van der Waals surface area contributed by atoms with Gasteiger partial charge in [-0.3, -0.25) is 4.79 Å². The fraction of sp³-hybridized carbons (Fsp3) is 0.381. The molecule has 27 heavy (non-hydrogen) atoms. The minimum absolute atomic E-state index is 0.0244. The Kier molecular flexibility index (Phi) is 5.98. The van der Waals surface area contributed by atoms with Gasteiger partial charge in [0, 0.05) is 17.3 Å². The normalized spacial score (nSPS) is 19.1. The molecule has 3 rings (SSSR count). The van der Waals surface area contributed by atoms with E-state index in [4.69, 9.17) is 9.47 Å². The smallest absolute Gasteiger partial charge is 0.242 e. The number of hydrazine groups is 1. The van der Waals surface area contributed by atoms with Gasteiger partial charge in [0.25, 0.3) is 0 Å². The van der Waals surface area contributed by atoms with Crippen molar-refractivity contribution in [2.24, 2.45) is 0 Å². The highest BCUT2D eigenvalue weighted by molar-refractivity contribution is 5.95. The van der Waals surface area contributed by atoms with Crippen LogP contribution in [0.2, 0.25) is 0 Å². The molecule has 6 nitrogen and oxygen atoms in total. The second-order valence-corrected chi connectivity index (χ2v) is 7.01. The number of nitrogens with one attached hydrogen (secondary N) is 3. The molecule has 1 aliphatic heterocycles. The SMILES string of the molecule is COc1ccc(C2CC(C(=O)Nc3cccc(C(C)C)c3)NN2)c(OC)c1. The molecule has 2 aromatic carbocycles. The summed E-state index contributed by atoms with van der Waals surface area (Å²) in [5, 5.41) is 3.01. The van der Waals surface area contributed by atoms with Crippen LogP contribution in [0, 0.1) is 0 Å². The maximum Gasteiger partial charge on any atom is 0.242 e. The van der Waals surface area contributed by atoms with E-state index in [2.05, 4.69) is 36.1 Å². The minimum Gasteiger partial charge on any atom is -0.497 e. The highest BCUT2D eigenvalue weighted by Crippen LogP contribution is 2.33. The number of carbonyl (C=O) groups excluding carboxylic acids is 1. The number of anilines is 1. The van der Waals surface area contributed by atoms with E-state index in [1.807, 2.05) is 36.4 Å². The largest absolute Gasteiger partial charge is 0.497 e. The summed E-state index contributed by atoms with van der Waals surface area (Å²) < 4.78 is 10.7. The first-order valence-electron chi connectivity index (χ1n) is 9.15. The average molecular weight is 369 g/mol. The second kappa shape index (κ2) is 8.41. The molecule has 0 spiro atoms. The summed E-state index contributed by atoms with van der Waals surface area (Å²) in [6.45, 7) is 4.27. The van der Waals surface area contributed by atoms with Gasteiger partial charge in [-0.2, -0.15) is 0 Å². The third-order valence-electron chi connectivity index (χ3n) is 4.86. The van der Waals surface area contributed by atoms with Crippen molar-refractivity contribution in [3.63, 3.8) is 0 Å². The van der Waals surface area contributed by atoms with E-state index >= 15 is 0 Å². The third-order valence-corrected chi connectivity index (χ3v) is 4.86. The maximum absolute atomic E-state index is 12.7. The Morgan fingerprint density at radius 3 is 2.63 bits per heavy atom. The van der Waals surface area contributed by atoms with Gasteiger partial charge < -0.3 is 14.8 Å². The van der Waals surface area contributed by atoms with Gasteiger partial charge in [0.2, 0.25) is 5.91 Å². The Morgan fingerprint density at radius 2 is 1.93 bits per heavy atom. The molecule has 2 unspecified atom stereocenters. The molecule has 2 aromatic rings. The molecule has 1 heterocycles. The molecular formula is C21H27N3O3. The molecule has 144 valence electrons. The van der Waals surface area contributed by atoms with Gasteiger partial charge in [-0.15, -0.1) is 0 Å². The molecule has 1 fully saturated rings. The number of carbonyl (C=O) groups is 1. The van der Waals surface area contributed by atoms with Gasteiger partial charge >= 0.3 is 0 Å². The predicted octanol–water partition coefficient (Wildman–Crippen LogP) is 3.37. The monoisotopic (exact) mass is 369 g/mol. The van der Waals surface area contributed by atoms with E-state index in [-0.39, 0.29) is 18.0 Å². The molecule has 0 bridgehead atoms. The first-order chi connectivity index (χ1) is 13.0. The highest BCUT2D eigenvalue weighted by Gasteiger charge is 2.31. The fourth-order valence-corrected chi connectivity index (χ4v) is 3.24. The van der Waals surface area contributed by atoms with Crippen LogP contribution in [0.4, 0.5) is 5.69 Å². The lowest BCUT2D eigenvalue weighted by Gasteiger charge is -2.15. The average Bonchev–Trinajstić information content (AvgIpc) is 3.17. The topological polar surface area (TPSA) is 71.6 Å². The van der Waals surface area contributed by atoms with Crippen LogP contribution in [0.1, 0.15) is 43.4 Å². The van der Waals surface area contributed by atoms with Gasteiger partial charge in [0.15, 0.2) is 0 Å². The van der Waals surface area contributed by atoms with Crippen molar-refractivity contribution in [1.82, 2.24) is 10.9 Å². The van der Waals surface area contributed by atoms with E-state index in [0.717, 1.165) is 22.7 Å². The van der Waals surface area contributed by atoms with E-state index in [1.165, 1.54) is 5.56 Å². The van der Waals surface area contributed by atoms with Gasteiger partial charge in [0.1, 0.15) is 17.5 Å². The number of hydrogen-bond donors (Lipinski definition) is 3. The number of benzene rings is 2. The molecule has 0 saturated carbocycles. The zero-order valence-electron chi connectivity index (χ0n) is 16.2. The zero-order chi connectivity index (χ0) is 19.4. The van der Waals surface area contributed by atoms with E-state index in [9.17, 15) is 4.79 Å². The quantitative estimate of drug-likeness (QED) is 0.728. The fourth-order valence-electron chi connectivity index (χ4n) is 3.24. The number of hydrogen-bond acceptors (Lipinski definition) is 5. The van der Waals surface area contributed by atoms with Gasteiger partial charge in [-0.05, 0) is 36.1 Å². The Balaban J connectivity index is 1.67. The number of rotatable bonds is 6. The van der Waals surface area contributed by atoms with Crippen molar-refractivity contribution in [1.29, 1.82) is 0 Å². The van der Waals surface area contributed by atoms with Crippen LogP contribution in [0.25, 0.3) is 0 Å². The molecule has 6 heteroatoms.